The predicted octanol–water partition coefficient (Wildman–Crippen LogP) is 2.75. The highest BCUT2D eigenvalue weighted by Gasteiger charge is 2.50. The third-order valence-corrected chi connectivity index (χ3v) is 3.61. The fourth-order valence-electron chi connectivity index (χ4n) is 2.23. The molecule has 1 N–H and O–H groups in total. The van der Waals surface area contributed by atoms with Crippen LogP contribution in [0.2, 0.25) is 0 Å². The minimum absolute atomic E-state index is 0.221. The van der Waals surface area contributed by atoms with Crippen molar-refractivity contribution in [2.75, 3.05) is 6.54 Å². The van der Waals surface area contributed by atoms with Crippen molar-refractivity contribution in [3.8, 4) is 0 Å². The summed E-state index contributed by atoms with van der Waals surface area (Å²) in [6, 6.07) is 4.23. The molecule has 16 heavy (non-hydrogen) atoms. The van der Waals surface area contributed by atoms with Crippen molar-refractivity contribution in [1.82, 2.24) is 10.3 Å². The Balaban J connectivity index is 1.95. The van der Waals surface area contributed by atoms with Crippen LogP contribution in [0.4, 0.5) is 0 Å². The summed E-state index contributed by atoms with van der Waals surface area (Å²) in [5, 5.41) is 3.59. The maximum atomic E-state index is 4.21. The lowest BCUT2D eigenvalue weighted by atomic mass is 9.97. The van der Waals surface area contributed by atoms with Gasteiger partial charge in [-0.15, -0.1) is 0 Å². The Labute approximate surface area is 98.5 Å². The Bertz CT molecular complexity index is 353. The molecule has 88 valence electrons. The Kier molecular flexibility index (Phi) is 2.79. The molecule has 1 heterocycles. The average molecular weight is 218 g/mol. The highest BCUT2D eigenvalue weighted by Crippen LogP contribution is 2.53. The second kappa shape index (κ2) is 3.85. The van der Waals surface area contributed by atoms with Crippen LogP contribution in [-0.2, 0) is 5.41 Å². The molecule has 2 unspecified atom stereocenters. The molecule has 0 radical (unpaired) electrons. The van der Waals surface area contributed by atoms with Crippen LogP contribution < -0.4 is 5.32 Å². The number of pyridine rings is 1. The van der Waals surface area contributed by atoms with E-state index in [4.69, 9.17) is 0 Å². The smallest absolute Gasteiger partial charge is 0.0305 e. The zero-order valence-electron chi connectivity index (χ0n) is 10.7. The molecule has 2 heteroatoms. The van der Waals surface area contributed by atoms with Gasteiger partial charge in [0.15, 0.2) is 0 Å². The lowest BCUT2D eigenvalue weighted by molar-refractivity contribution is 0.406. The average Bonchev–Trinajstić information content (AvgIpc) is 2.89. The van der Waals surface area contributed by atoms with E-state index in [1.54, 1.807) is 0 Å². The molecule has 2 atom stereocenters. The van der Waals surface area contributed by atoms with Crippen molar-refractivity contribution in [2.45, 2.75) is 45.1 Å². The molecule has 2 rings (SSSR count). The third kappa shape index (κ3) is 2.43. The number of rotatable bonds is 3. The maximum absolute atomic E-state index is 4.21. The molecule has 0 spiro atoms. The van der Waals surface area contributed by atoms with Crippen molar-refractivity contribution in [3.05, 3.63) is 30.1 Å². The number of nitrogens with zero attached hydrogens (tertiary/aromatic N) is 1. The third-order valence-electron chi connectivity index (χ3n) is 3.61. The van der Waals surface area contributed by atoms with Crippen LogP contribution in [-0.4, -0.2) is 17.1 Å². The SMILES string of the molecule is CC(C)(C)NCC1CC1(C)c1cccnc1. The minimum atomic E-state index is 0.221. The molecule has 1 aliphatic rings. The maximum Gasteiger partial charge on any atom is 0.0305 e. The van der Waals surface area contributed by atoms with Crippen LogP contribution in [0.1, 0.15) is 39.7 Å². The summed E-state index contributed by atoms with van der Waals surface area (Å²) in [4.78, 5) is 4.21. The van der Waals surface area contributed by atoms with E-state index in [1.165, 1.54) is 12.0 Å². The van der Waals surface area contributed by atoms with E-state index < -0.39 is 0 Å². The Morgan fingerprint density at radius 2 is 2.25 bits per heavy atom. The van der Waals surface area contributed by atoms with Crippen molar-refractivity contribution in [2.24, 2.45) is 5.92 Å². The number of hydrogen-bond donors (Lipinski definition) is 1. The second-order valence-corrected chi connectivity index (χ2v) is 6.19. The molecule has 2 nitrogen and oxygen atoms in total. The first-order valence-corrected chi connectivity index (χ1v) is 6.07. The molecule has 0 saturated heterocycles. The number of nitrogens with one attached hydrogen (secondary N) is 1. The number of aromatic nitrogens is 1. The van der Waals surface area contributed by atoms with Crippen LogP contribution >= 0.6 is 0 Å². The Morgan fingerprint density at radius 3 is 2.81 bits per heavy atom. The van der Waals surface area contributed by atoms with Gasteiger partial charge in [-0.2, -0.15) is 0 Å². The fraction of sp³-hybridized carbons (Fsp3) is 0.643. The fourth-order valence-corrected chi connectivity index (χ4v) is 2.23. The molecule has 1 fully saturated rings. The van der Waals surface area contributed by atoms with Crippen molar-refractivity contribution >= 4 is 0 Å². The van der Waals surface area contributed by atoms with E-state index in [1.807, 2.05) is 18.5 Å². The monoisotopic (exact) mass is 218 g/mol. The van der Waals surface area contributed by atoms with Crippen LogP contribution in [0.5, 0.6) is 0 Å². The molecular weight excluding hydrogens is 196 g/mol. The quantitative estimate of drug-likeness (QED) is 0.844. The van der Waals surface area contributed by atoms with Crippen LogP contribution in [0.15, 0.2) is 24.5 Å². The Hall–Kier alpha value is -0.890. The summed E-state index contributed by atoms with van der Waals surface area (Å²) in [6.45, 7) is 10.1. The molecule has 1 saturated carbocycles. The highest BCUT2D eigenvalue weighted by atomic mass is 15.0. The molecule has 1 aromatic rings. The van der Waals surface area contributed by atoms with Crippen molar-refractivity contribution in [3.63, 3.8) is 0 Å². The molecule has 1 aromatic heterocycles. The van der Waals surface area contributed by atoms with Gasteiger partial charge in [-0.3, -0.25) is 4.98 Å². The molecule has 0 bridgehead atoms. The van der Waals surface area contributed by atoms with E-state index in [0.29, 0.717) is 5.41 Å². The van der Waals surface area contributed by atoms with Crippen LogP contribution in [0, 0.1) is 5.92 Å². The van der Waals surface area contributed by atoms with E-state index in [0.717, 1.165) is 12.5 Å². The van der Waals surface area contributed by atoms with Crippen molar-refractivity contribution < 1.29 is 0 Å². The molecule has 0 aliphatic heterocycles. The second-order valence-electron chi connectivity index (χ2n) is 6.19. The lowest BCUT2D eigenvalue weighted by Gasteiger charge is -2.21. The van der Waals surface area contributed by atoms with Crippen LogP contribution in [0.25, 0.3) is 0 Å². The van der Waals surface area contributed by atoms with E-state index in [9.17, 15) is 0 Å². The van der Waals surface area contributed by atoms with Gasteiger partial charge in [0.2, 0.25) is 0 Å². The highest BCUT2D eigenvalue weighted by molar-refractivity contribution is 5.30. The van der Waals surface area contributed by atoms with Gasteiger partial charge < -0.3 is 5.32 Å². The standard InChI is InChI=1S/C14H22N2/c1-13(2,3)16-10-12-8-14(12,4)11-6-5-7-15-9-11/h5-7,9,12,16H,8,10H2,1-4H3. The first-order valence-electron chi connectivity index (χ1n) is 6.07. The van der Waals surface area contributed by atoms with Gasteiger partial charge in [0.1, 0.15) is 0 Å². The van der Waals surface area contributed by atoms with Gasteiger partial charge in [0, 0.05) is 17.9 Å². The molecule has 0 amide bonds. The van der Waals surface area contributed by atoms with Gasteiger partial charge >= 0.3 is 0 Å². The Morgan fingerprint density at radius 1 is 1.50 bits per heavy atom. The van der Waals surface area contributed by atoms with Gasteiger partial charge in [0.25, 0.3) is 0 Å². The van der Waals surface area contributed by atoms with Gasteiger partial charge in [0.05, 0.1) is 0 Å². The van der Waals surface area contributed by atoms with Gasteiger partial charge in [-0.25, -0.2) is 0 Å². The van der Waals surface area contributed by atoms with E-state index >= 15 is 0 Å². The molecule has 1 aliphatic carbocycles. The first kappa shape index (κ1) is 11.6. The normalized spacial score (nSPS) is 29.1. The summed E-state index contributed by atoms with van der Waals surface area (Å²) >= 11 is 0. The topological polar surface area (TPSA) is 24.9 Å². The zero-order valence-corrected chi connectivity index (χ0v) is 10.7. The molecular formula is C14H22N2. The van der Waals surface area contributed by atoms with Gasteiger partial charge in [-0.05, 0) is 56.7 Å². The summed E-state index contributed by atoms with van der Waals surface area (Å²) in [7, 11) is 0. The summed E-state index contributed by atoms with van der Waals surface area (Å²) < 4.78 is 0. The van der Waals surface area contributed by atoms with Crippen molar-refractivity contribution in [1.29, 1.82) is 0 Å². The predicted molar refractivity (Wildman–Crippen MR) is 67.5 cm³/mol. The summed E-state index contributed by atoms with van der Waals surface area (Å²) in [5.74, 6) is 0.760. The van der Waals surface area contributed by atoms with E-state index in [2.05, 4.69) is 44.1 Å². The van der Waals surface area contributed by atoms with Gasteiger partial charge in [-0.1, -0.05) is 13.0 Å². The van der Waals surface area contributed by atoms with Crippen LogP contribution in [0.3, 0.4) is 0 Å². The minimum Gasteiger partial charge on any atom is -0.312 e. The zero-order chi connectivity index (χ0) is 11.8. The number of hydrogen-bond acceptors (Lipinski definition) is 2. The largest absolute Gasteiger partial charge is 0.312 e. The summed E-state index contributed by atoms with van der Waals surface area (Å²) in [5.41, 5.74) is 1.96. The lowest BCUT2D eigenvalue weighted by Crippen LogP contribution is -2.37. The first-order chi connectivity index (χ1) is 7.42. The summed E-state index contributed by atoms with van der Waals surface area (Å²) in [6.07, 6.45) is 5.14. The van der Waals surface area contributed by atoms with E-state index in [-0.39, 0.29) is 5.54 Å². The molecule has 0 aromatic carbocycles.